The maximum Gasteiger partial charge on any atom is 0.328 e. The van der Waals surface area contributed by atoms with Crippen molar-refractivity contribution in [3.05, 3.63) is 68.8 Å². The Hall–Kier alpha value is -5.26. The van der Waals surface area contributed by atoms with Gasteiger partial charge in [0.2, 0.25) is 0 Å². The standard InChI is InChI=1S/C41H46N2O18/c1-12-7-19-25(32(50)22(12)38(54)43-13(2)39(55)57-6)24-17(10-18-26(33(24)51)29(47)16-8-15(56-5)9-20(44)23(16)28(18)46)30(48)36(19)60-41-35(53)37(27(42-4)14(3)59-41)61-40-34(52)31(49)21(45)11-58-40/h7-10,13-14,21,27,30-31,34-37,40-42,44-45,48-53H,11H2,1-6H3,(H,43,54)/t13-,14-,21-,27+,30+,31+,34-,35-,36+,37+,40+,41+/m1/s1. The number of carbonyl (C=O) groups is 4. The second-order valence-electron chi connectivity index (χ2n) is 15.3. The molecule has 0 saturated carbocycles. The molecular weight excluding hydrogens is 808 g/mol. The molecular formula is C41H46N2O18. The zero-order chi connectivity index (χ0) is 44.5. The average Bonchev–Trinajstić information content (AvgIpc) is 3.22. The molecule has 0 aromatic heterocycles. The van der Waals surface area contributed by atoms with Crippen LogP contribution in [0.1, 0.15) is 84.9 Å². The molecule has 2 saturated heterocycles. The van der Waals surface area contributed by atoms with E-state index in [1.165, 1.54) is 33.1 Å². The zero-order valence-corrected chi connectivity index (χ0v) is 33.6. The van der Waals surface area contributed by atoms with Gasteiger partial charge in [-0.05, 0) is 56.6 Å². The summed E-state index contributed by atoms with van der Waals surface area (Å²) in [6.07, 6.45) is -15.4. The number of ether oxygens (including phenoxy) is 6. The molecule has 0 bridgehead atoms. The predicted molar refractivity (Wildman–Crippen MR) is 205 cm³/mol. The molecule has 20 nitrogen and oxygen atoms in total. The Morgan fingerprint density at radius 1 is 0.820 bits per heavy atom. The first kappa shape index (κ1) is 43.8. The van der Waals surface area contributed by atoms with Crippen molar-refractivity contribution in [2.45, 2.75) is 94.3 Å². The van der Waals surface area contributed by atoms with Crippen LogP contribution in [0.25, 0.3) is 11.1 Å². The van der Waals surface area contributed by atoms with E-state index in [1.54, 1.807) is 14.0 Å². The number of fused-ring (bicyclic) bond motifs is 5. The Labute approximate surface area is 347 Å². The highest BCUT2D eigenvalue weighted by molar-refractivity contribution is 6.31. The number of rotatable bonds is 9. The van der Waals surface area contributed by atoms with Crippen LogP contribution in [0.3, 0.4) is 0 Å². The van der Waals surface area contributed by atoms with Crippen LogP contribution in [-0.4, -0.2) is 153 Å². The maximum absolute atomic E-state index is 14.1. The second kappa shape index (κ2) is 16.5. The van der Waals surface area contributed by atoms with Gasteiger partial charge in [-0.25, -0.2) is 4.79 Å². The first-order valence-corrected chi connectivity index (χ1v) is 19.2. The summed E-state index contributed by atoms with van der Waals surface area (Å²) in [7, 11) is 3.93. The van der Waals surface area contributed by atoms with Gasteiger partial charge in [0.1, 0.15) is 71.8 Å². The number of ketones is 2. The number of aliphatic hydroxyl groups is 5. The van der Waals surface area contributed by atoms with E-state index in [2.05, 4.69) is 10.6 Å². The highest BCUT2D eigenvalue weighted by Crippen LogP contribution is 2.57. The van der Waals surface area contributed by atoms with E-state index in [0.29, 0.717) is 0 Å². The van der Waals surface area contributed by atoms with Gasteiger partial charge < -0.3 is 79.9 Å². The second-order valence-corrected chi connectivity index (χ2v) is 15.3. The molecule has 0 unspecified atom stereocenters. The van der Waals surface area contributed by atoms with Gasteiger partial charge in [-0.3, -0.25) is 14.4 Å². The van der Waals surface area contributed by atoms with E-state index in [1.807, 2.05) is 0 Å². The molecule has 2 fully saturated rings. The van der Waals surface area contributed by atoms with Gasteiger partial charge in [0, 0.05) is 28.3 Å². The van der Waals surface area contributed by atoms with Crippen LogP contribution >= 0.6 is 0 Å². The summed E-state index contributed by atoms with van der Waals surface area (Å²) in [5.74, 6) is -5.84. The normalized spacial score (nSPS) is 29.7. The Balaban J connectivity index is 1.37. The minimum absolute atomic E-state index is 0.0259. The summed E-state index contributed by atoms with van der Waals surface area (Å²) in [6.45, 7) is 3.97. The van der Waals surface area contributed by atoms with Gasteiger partial charge in [-0.2, -0.15) is 0 Å². The number of aliphatic hydroxyl groups excluding tert-OH is 5. The molecule has 4 aliphatic rings. The lowest BCUT2D eigenvalue weighted by Gasteiger charge is -2.47. The lowest BCUT2D eigenvalue weighted by Crippen LogP contribution is -2.65. The van der Waals surface area contributed by atoms with Crippen molar-refractivity contribution in [2.75, 3.05) is 27.9 Å². The number of hydrogen-bond acceptors (Lipinski definition) is 19. The monoisotopic (exact) mass is 854 g/mol. The molecule has 20 heteroatoms. The third-order valence-corrected chi connectivity index (χ3v) is 11.6. The number of esters is 1. The fourth-order valence-corrected chi connectivity index (χ4v) is 8.47. The number of methoxy groups -OCH3 is 2. The van der Waals surface area contributed by atoms with E-state index in [4.69, 9.17) is 28.4 Å². The predicted octanol–water partition coefficient (Wildman–Crippen LogP) is -0.523. The van der Waals surface area contributed by atoms with E-state index < -0.39 is 137 Å². The van der Waals surface area contributed by atoms with E-state index in [-0.39, 0.29) is 44.7 Å². The van der Waals surface area contributed by atoms with E-state index in [0.717, 1.165) is 19.2 Å². The molecule has 3 aromatic rings. The first-order valence-electron chi connectivity index (χ1n) is 19.2. The van der Waals surface area contributed by atoms with Crippen molar-refractivity contribution in [1.29, 1.82) is 0 Å². The summed E-state index contributed by atoms with van der Waals surface area (Å²) < 4.78 is 33.7. The van der Waals surface area contributed by atoms with Crippen molar-refractivity contribution >= 4 is 23.4 Å². The Morgan fingerprint density at radius 2 is 1.48 bits per heavy atom. The van der Waals surface area contributed by atoms with Gasteiger partial charge in [-0.15, -0.1) is 0 Å². The Morgan fingerprint density at radius 3 is 2.13 bits per heavy atom. The van der Waals surface area contributed by atoms with Crippen LogP contribution in [0.5, 0.6) is 23.0 Å². The van der Waals surface area contributed by atoms with Gasteiger partial charge in [0.15, 0.2) is 24.1 Å². The van der Waals surface area contributed by atoms with Crippen molar-refractivity contribution in [1.82, 2.24) is 10.6 Å². The van der Waals surface area contributed by atoms with Crippen LogP contribution < -0.4 is 15.4 Å². The molecule has 0 radical (unpaired) electrons. The Kier molecular flexibility index (Phi) is 11.9. The number of phenols is 3. The number of carbonyl (C=O) groups excluding carboxylic acids is 4. The number of likely N-dealkylation sites (N-methyl/N-ethyl adjacent to an activating group) is 1. The summed E-state index contributed by atoms with van der Waals surface area (Å²) in [5.41, 5.74) is -3.08. The number of aryl methyl sites for hydroxylation is 1. The minimum Gasteiger partial charge on any atom is -0.507 e. The highest BCUT2D eigenvalue weighted by Gasteiger charge is 2.51. The topological polar surface area (TPSA) is 310 Å². The summed E-state index contributed by atoms with van der Waals surface area (Å²) in [6, 6.07) is 2.76. The lowest BCUT2D eigenvalue weighted by atomic mass is 9.74. The quantitative estimate of drug-likeness (QED) is 0.0947. The first-order chi connectivity index (χ1) is 28.9. The number of hydrogen-bond donors (Lipinski definition) is 10. The third-order valence-electron chi connectivity index (χ3n) is 11.6. The van der Waals surface area contributed by atoms with Gasteiger partial charge >= 0.3 is 5.97 Å². The molecule has 2 aliphatic carbocycles. The Bertz CT molecular complexity index is 2300. The van der Waals surface area contributed by atoms with Gasteiger partial charge in [0.05, 0.1) is 49.7 Å². The van der Waals surface area contributed by atoms with Crippen LogP contribution in [0.2, 0.25) is 0 Å². The number of nitrogens with one attached hydrogen (secondary N) is 2. The maximum atomic E-state index is 14.1. The summed E-state index contributed by atoms with van der Waals surface area (Å²) in [5, 5.41) is 95.3. The third kappa shape index (κ3) is 7.17. The minimum atomic E-state index is -1.88. The zero-order valence-electron chi connectivity index (χ0n) is 33.6. The number of benzene rings is 3. The fraction of sp³-hybridized carbons (Fsp3) is 0.463. The number of phenolic OH excluding ortho intramolecular Hbond substituents is 3. The number of amides is 1. The molecule has 7 rings (SSSR count). The van der Waals surface area contributed by atoms with Crippen molar-refractivity contribution in [2.24, 2.45) is 0 Å². The molecule has 1 amide bonds. The smallest absolute Gasteiger partial charge is 0.328 e. The van der Waals surface area contributed by atoms with Crippen molar-refractivity contribution in [3.8, 4) is 34.1 Å². The molecule has 2 aliphatic heterocycles. The molecule has 12 atom stereocenters. The van der Waals surface area contributed by atoms with E-state index >= 15 is 0 Å². The molecule has 3 aromatic carbocycles. The van der Waals surface area contributed by atoms with Gasteiger partial charge in [0.25, 0.3) is 5.91 Å². The highest BCUT2D eigenvalue weighted by atomic mass is 16.7. The fourth-order valence-electron chi connectivity index (χ4n) is 8.47. The average molecular weight is 855 g/mol. The number of aromatic hydroxyl groups is 3. The summed E-state index contributed by atoms with van der Waals surface area (Å²) in [4.78, 5) is 54.1. The van der Waals surface area contributed by atoms with Crippen molar-refractivity contribution in [3.63, 3.8) is 0 Å². The van der Waals surface area contributed by atoms with Crippen LogP contribution in [0.15, 0.2) is 24.3 Å². The van der Waals surface area contributed by atoms with Crippen LogP contribution in [0.4, 0.5) is 0 Å². The van der Waals surface area contributed by atoms with E-state index in [9.17, 15) is 60.0 Å². The molecule has 0 spiro atoms. The molecule has 2 heterocycles. The largest absolute Gasteiger partial charge is 0.507 e. The molecule has 61 heavy (non-hydrogen) atoms. The molecule has 10 N–H and O–H groups in total. The molecule has 328 valence electrons. The van der Waals surface area contributed by atoms with Crippen LogP contribution in [0, 0.1) is 6.92 Å². The van der Waals surface area contributed by atoms with Crippen LogP contribution in [-0.2, 0) is 28.5 Å². The summed E-state index contributed by atoms with van der Waals surface area (Å²) >= 11 is 0. The van der Waals surface area contributed by atoms with Gasteiger partial charge in [-0.1, -0.05) is 6.07 Å². The SMILES string of the molecule is CN[C@@H]1[C@H](O[C@@H]2OC[C@@H](O)[C@H](O)[C@H]2O)[C@@H](O)[C@H](O[C@H]2c3cc(C)c(C(=O)N[C@H](C)C(=O)OC)c(O)c3-c3c(cc4c(c3O)C(=O)c3cc(OC)cc(O)c3C4=O)[C@@H]2O)O[C@@H]1C. The van der Waals surface area contributed by atoms with Crippen molar-refractivity contribution < 1.29 is 88.5 Å². The lowest BCUT2D eigenvalue weighted by molar-refractivity contribution is -0.339.